The van der Waals surface area contributed by atoms with Gasteiger partial charge in [-0.1, -0.05) is 70.5 Å². The Balaban J connectivity index is 1.45. The number of aromatic nitrogens is 2. The van der Waals surface area contributed by atoms with Gasteiger partial charge in [0.2, 0.25) is 5.91 Å². The molecule has 1 N–H and O–H groups in total. The number of halogens is 1. The number of carbonyl (C=O) groups excluding carboxylic acids is 1. The van der Waals surface area contributed by atoms with Crippen molar-refractivity contribution < 1.29 is 4.79 Å². The van der Waals surface area contributed by atoms with Gasteiger partial charge in [-0.3, -0.25) is 4.79 Å². The van der Waals surface area contributed by atoms with Crippen molar-refractivity contribution in [2.24, 2.45) is 13.0 Å². The Morgan fingerprint density at radius 1 is 1.07 bits per heavy atom. The largest absolute Gasteiger partial charge is 0.342 e. The molecule has 0 spiro atoms. The van der Waals surface area contributed by atoms with E-state index in [2.05, 4.69) is 44.0 Å². The number of rotatable bonds is 5. The number of amides is 1. The summed E-state index contributed by atoms with van der Waals surface area (Å²) in [5.41, 5.74) is 4.23. The lowest BCUT2D eigenvalue weighted by molar-refractivity contribution is -0.123. The van der Waals surface area contributed by atoms with Gasteiger partial charge in [0.05, 0.1) is 11.0 Å². The van der Waals surface area contributed by atoms with Gasteiger partial charge in [-0.2, -0.15) is 0 Å². The second kappa shape index (κ2) is 7.73. The van der Waals surface area contributed by atoms with Crippen molar-refractivity contribution in [2.45, 2.75) is 18.4 Å². The minimum absolute atomic E-state index is 0.000182. The SMILES string of the molecule is Cn1c(C(NC(=O)C2CC2c2cccc(Br)c2)c2ccccc2)nc2ccccc21. The normalized spacial score (nSPS) is 18.9. The molecule has 3 aromatic carbocycles. The fraction of sp³-hybridized carbons (Fsp3) is 0.200. The molecule has 0 saturated heterocycles. The van der Waals surface area contributed by atoms with Gasteiger partial charge in [-0.15, -0.1) is 0 Å². The lowest BCUT2D eigenvalue weighted by Crippen LogP contribution is -2.32. The van der Waals surface area contributed by atoms with Gasteiger partial charge >= 0.3 is 0 Å². The number of fused-ring (bicyclic) bond motifs is 1. The van der Waals surface area contributed by atoms with Crippen LogP contribution in [0.1, 0.15) is 35.3 Å². The fourth-order valence-electron chi connectivity index (χ4n) is 4.20. The number of hydrogen-bond acceptors (Lipinski definition) is 2. The summed E-state index contributed by atoms with van der Waals surface area (Å²) in [5, 5.41) is 3.29. The van der Waals surface area contributed by atoms with Crippen molar-refractivity contribution >= 4 is 32.9 Å². The van der Waals surface area contributed by atoms with Gasteiger partial charge in [0.25, 0.3) is 0 Å². The van der Waals surface area contributed by atoms with E-state index in [4.69, 9.17) is 4.98 Å². The zero-order valence-corrected chi connectivity index (χ0v) is 18.2. The first-order valence-corrected chi connectivity index (χ1v) is 10.9. The zero-order valence-electron chi connectivity index (χ0n) is 16.6. The van der Waals surface area contributed by atoms with E-state index in [1.807, 2.05) is 67.7 Å². The molecule has 1 aliphatic rings. The molecule has 5 rings (SSSR count). The van der Waals surface area contributed by atoms with Crippen LogP contribution in [0.2, 0.25) is 0 Å². The Bertz CT molecular complexity index is 1220. The van der Waals surface area contributed by atoms with Crippen LogP contribution in [0.5, 0.6) is 0 Å². The first-order valence-electron chi connectivity index (χ1n) is 10.1. The lowest BCUT2D eigenvalue weighted by Gasteiger charge is -2.19. The number of aryl methyl sites for hydroxylation is 1. The van der Waals surface area contributed by atoms with E-state index in [-0.39, 0.29) is 23.8 Å². The van der Waals surface area contributed by atoms with Gasteiger partial charge < -0.3 is 9.88 Å². The highest BCUT2D eigenvalue weighted by atomic mass is 79.9. The van der Waals surface area contributed by atoms with Crippen molar-refractivity contribution in [1.29, 1.82) is 0 Å². The number of para-hydroxylation sites is 2. The van der Waals surface area contributed by atoms with E-state index in [1.165, 1.54) is 5.56 Å². The number of benzene rings is 3. The Labute approximate surface area is 184 Å². The summed E-state index contributed by atoms with van der Waals surface area (Å²) < 4.78 is 3.12. The predicted molar refractivity (Wildman–Crippen MR) is 122 cm³/mol. The molecule has 0 radical (unpaired) electrons. The van der Waals surface area contributed by atoms with E-state index < -0.39 is 0 Å². The average Bonchev–Trinajstić information content (AvgIpc) is 3.51. The third-order valence-corrected chi connectivity index (χ3v) is 6.40. The smallest absolute Gasteiger partial charge is 0.224 e. The van der Waals surface area contributed by atoms with E-state index in [9.17, 15) is 4.79 Å². The van der Waals surface area contributed by atoms with Crippen LogP contribution < -0.4 is 5.32 Å². The van der Waals surface area contributed by atoms with Crippen LogP contribution in [0.15, 0.2) is 83.3 Å². The average molecular weight is 460 g/mol. The predicted octanol–water partition coefficient (Wildman–Crippen LogP) is 5.35. The van der Waals surface area contributed by atoms with Crippen molar-refractivity contribution in [1.82, 2.24) is 14.9 Å². The maximum atomic E-state index is 13.2. The number of nitrogens with zero attached hydrogens (tertiary/aromatic N) is 2. The molecule has 1 saturated carbocycles. The standard InChI is InChI=1S/C25H22BrN3O/c1-29-22-13-6-5-12-21(22)27-24(29)23(16-8-3-2-4-9-16)28-25(30)20-15-19(20)17-10-7-11-18(26)14-17/h2-14,19-20,23H,15H2,1H3,(H,28,30). The van der Waals surface area contributed by atoms with Gasteiger partial charge in [-0.25, -0.2) is 4.98 Å². The topological polar surface area (TPSA) is 46.9 Å². The molecule has 1 aromatic heterocycles. The third kappa shape index (κ3) is 3.54. The van der Waals surface area contributed by atoms with E-state index in [0.717, 1.165) is 33.3 Å². The molecule has 0 bridgehead atoms. The molecule has 1 heterocycles. The minimum Gasteiger partial charge on any atom is -0.342 e. The first-order chi connectivity index (χ1) is 14.6. The summed E-state index contributed by atoms with van der Waals surface area (Å²) in [7, 11) is 2.01. The van der Waals surface area contributed by atoms with Gasteiger partial charge in [0.15, 0.2) is 0 Å². The van der Waals surface area contributed by atoms with E-state index in [0.29, 0.717) is 0 Å². The Morgan fingerprint density at radius 3 is 2.60 bits per heavy atom. The lowest BCUT2D eigenvalue weighted by atomic mass is 10.0. The second-order valence-electron chi connectivity index (χ2n) is 7.87. The van der Waals surface area contributed by atoms with Crippen molar-refractivity contribution in [3.05, 3.63) is 100 Å². The zero-order chi connectivity index (χ0) is 20.7. The maximum Gasteiger partial charge on any atom is 0.224 e. The fourth-order valence-corrected chi connectivity index (χ4v) is 4.62. The Kier molecular flexibility index (Phi) is 4.91. The summed E-state index contributed by atoms with van der Waals surface area (Å²) in [6.07, 6.45) is 0.881. The summed E-state index contributed by atoms with van der Waals surface area (Å²) >= 11 is 3.53. The molecule has 3 unspecified atom stereocenters. The summed E-state index contributed by atoms with van der Waals surface area (Å²) in [6, 6.07) is 26.1. The van der Waals surface area contributed by atoms with Crippen LogP contribution in [-0.2, 0) is 11.8 Å². The number of hydrogen-bond donors (Lipinski definition) is 1. The maximum absolute atomic E-state index is 13.2. The quantitative estimate of drug-likeness (QED) is 0.437. The number of nitrogens with one attached hydrogen (secondary N) is 1. The van der Waals surface area contributed by atoms with Gasteiger partial charge in [-0.05, 0) is 47.7 Å². The molecular weight excluding hydrogens is 438 g/mol. The molecule has 5 heteroatoms. The number of carbonyl (C=O) groups is 1. The molecular formula is C25H22BrN3O. The molecule has 4 nitrogen and oxygen atoms in total. The molecule has 150 valence electrons. The summed E-state index contributed by atoms with van der Waals surface area (Å²) in [4.78, 5) is 18.1. The minimum atomic E-state index is -0.292. The molecule has 0 aliphatic heterocycles. The summed E-state index contributed by atoms with van der Waals surface area (Å²) in [5.74, 6) is 1.20. The second-order valence-corrected chi connectivity index (χ2v) is 8.79. The Hall–Kier alpha value is -2.92. The molecule has 3 atom stereocenters. The van der Waals surface area contributed by atoms with Crippen LogP contribution >= 0.6 is 15.9 Å². The van der Waals surface area contributed by atoms with Crippen LogP contribution in [-0.4, -0.2) is 15.5 Å². The highest BCUT2D eigenvalue weighted by Gasteiger charge is 2.44. The van der Waals surface area contributed by atoms with Crippen molar-refractivity contribution in [3.63, 3.8) is 0 Å². The highest BCUT2D eigenvalue weighted by Crippen LogP contribution is 2.48. The molecule has 1 fully saturated rings. The van der Waals surface area contributed by atoms with Crippen LogP contribution in [0.25, 0.3) is 11.0 Å². The summed E-state index contributed by atoms with van der Waals surface area (Å²) in [6.45, 7) is 0. The number of imidazole rings is 1. The van der Waals surface area contributed by atoms with Gasteiger partial charge in [0.1, 0.15) is 11.9 Å². The van der Waals surface area contributed by atoms with E-state index >= 15 is 0 Å². The van der Waals surface area contributed by atoms with Crippen LogP contribution in [0, 0.1) is 5.92 Å². The monoisotopic (exact) mass is 459 g/mol. The highest BCUT2D eigenvalue weighted by molar-refractivity contribution is 9.10. The van der Waals surface area contributed by atoms with Crippen LogP contribution in [0.3, 0.4) is 0 Å². The van der Waals surface area contributed by atoms with E-state index in [1.54, 1.807) is 0 Å². The third-order valence-electron chi connectivity index (χ3n) is 5.90. The molecule has 1 aliphatic carbocycles. The van der Waals surface area contributed by atoms with Crippen LogP contribution in [0.4, 0.5) is 0 Å². The van der Waals surface area contributed by atoms with Crippen molar-refractivity contribution in [3.8, 4) is 0 Å². The first kappa shape index (κ1) is 19.1. The molecule has 1 amide bonds. The van der Waals surface area contributed by atoms with Gasteiger partial charge in [0, 0.05) is 17.4 Å². The van der Waals surface area contributed by atoms with Crippen molar-refractivity contribution in [2.75, 3.05) is 0 Å². The Morgan fingerprint density at radius 2 is 1.83 bits per heavy atom. The molecule has 4 aromatic rings. The molecule has 30 heavy (non-hydrogen) atoms.